The highest BCUT2D eigenvalue weighted by Gasteiger charge is 2.44. The number of carbonyl (C=O) groups excluding carboxylic acids is 4. The Morgan fingerprint density at radius 3 is 2.41 bits per heavy atom. The highest BCUT2D eigenvalue weighted by molar-refractivity contribution is 6.09. The smallest absolute Gasteiger partial charge is 0.252 e. The van der Waals surface area contributed by atoms with Gasteiger partial charge in [0.1, 0.15) is 11.6 Å². The number of hydrogen-bond acceptors (Lipinski definition) is 4. The van der Waals surface area contributed by atoms with Crippen LogP contribution in [0.3, 0.4) is 0 Å². The van der Waals surface area contributed by atoms with Crippen molar-refractivity contribution in [3.8, 4) is 0 Å². The molecular formula is C10H15N3O4. The number of carbonyl (C=O) groups is 4. The second kappa shape index (κ2) is 4.52. The second-order valence-corrected chi connectivity index (χ2v) is 4.30. The van der Waals surface area contributed by atoms with Crippen molar-refractivity contribution < 1.29 is 19.2 Å². The van der Waals surface area contributed by atoms with Crippen molar-refractivity contribution >= 4 is 23.6 Å². The minimum atomic E-state index is -1.24. The van der Waals surface area contributed by atoms with Gasteiger partial charge in [0, 0.05) is 6.92 Å². The van der Waals surface area contributed by atoms with Crippen molar-refractivity contribution in [2.24, 2.45) is 0 Å². The van der Waals surface area contributed by atoms with E-state index in [9.17, 15) is 19.2 Å². The minimum Gasteiger partial charge on any atom is -0.345 e. The van der Waals surface area contributed by atoms with Crippen molar-refractivity contribution in [2.45, 2.75) is 38.8 Å². The number of amides is 4. The molecular weight excluding hydrogens is 226 g/mol. The van der Waals surface area contributed by atoms with Gasteiger partial charge >= 0.3 is 0 Å². The summed E-state index contributed by atoms with van der Waals surface area (Å²) < 4.78 is 0. The minimum absolute atomic E-state index is 0.0929. The maximum absolute atomic E-state index is 11.7. The molecule has 0 aromatic carbocycles. The first-order valence-corrected chi connectivity index (χ1v) is 5.18. The molecule has 1 aliphatic rings. The quantitative estimate of drug-likeness (QED) is 0.519. The molecule has 1 rings (SSSR count). The number of rotatable bonds is 3. The average Bonchev–Trinajstić information content (AvgIpc) is 2.38. The van der Waals surface area contributed by atoms with E-state index in [4.69, 9.17) is 0 Å². The highest BCUT2D eigenvalue weighted by Crippen LogP contribution is 2.16. The predicted octanol–water partition coefficient (Wildman–Crippen LogP) is -1.57. The van der Waals surface area contributed by atoms with Crippen LogP contribution in [0.1, 0.15) is 27.2 Å². The lowest BCUT2D eigenvalue weighted by Crippen LogP contribution is -2.56. The van der Waals surface area contributed by atoms with Crippen LogP contribution < -0.4 is 16.0 Å². The molecule has 1 fully saturated rings. The van der Waals surface area contributed by atoms with Crippen LogP contribution in [-0.2, 0) is 19.2 Å². The third kappa shape index (κ3) is 3.02. The molecule has 0 unspecified atom stereocenters. The lowest BCUT2D eigenvalue weighted by Gasteiger charge is -2.23. The summed E-state index contributed by atoms with van der Waals surface area (Å²) in [5.74, 6) is -1.81. The van der Waals surface area contributed by atoms with E-state index in [0.29, 0.717) is 0 Å². The lowest BCUT2D eigenvalue weighted by atomic mass is 10.00. The fraction of sp³-hybridized carbons (Fsp3) is 0.600. The van der Waals surface area contributed by atoms with Gasteiger partial charge < -0.3 is 10.6 Å². The SMILES string of the molecule is CC(=O)N[C@@H](C)C(=O)N[C@@]1(C)CC(=O)NC1=O. The lowest BCUT2D eigenvalue weighted by molar-refractivity contribution is -0.133. The van der Waals surface area contributed by atoms with Crippen molar-refractivity contribution in [3.63, 3.8) is 0 Å². The van der Waals surface area contributed by atoms with Crippen LogP contribution in [0.25, 0.3) is 0 Å². The highest BCUT2D eigenvalue weighted by atomic mass is 16.2. The zero-order valence-corrected chi connectivity index (χ0v) is 9.92. The van der Waals surface area contributed by atoms with Crippen molar-refractivity contribution in [2.75, 3.05) is 0 Å². The van der Waals surface area contributed by atoms with Crippen LogP contribution in [-0.4, -0.2) is 35.2 Å². The molecule has 0 bridgehead atoms. The first kappa shape index (κ1) is 13.1. The van der Waals surface area contributed by atoms with Gasteiger partial charge in [0.15, 0.2) is 0 Å². The molecule has 1 saturated heterocycles. The largest absolute Gasteiger partial charge is 0.345 e. The van der Waals surface area contributed by atoms with Gasteiger partial charge in [-0.3, -0.25) is 24.5 Å². The first-order chi connectivity index (χ1) is 7.74. The maximum Gasteiger partial charge on any atom is 0.252 e. The number of hydrogen-bond donors (Lipinski definition) is 3. The van der Waals surface area contributed by atoms with Gasteiger partial charge in [0.25, 0.3) is 5.91 Å². The first-order valence-electron chi connectivity index (χ1n) is 5.18. The Balaban J connectivity index is 2.65. The Labute approximate surface area is 98.3 Å². The van der Waals surface area contributed by atoms with Gasteiger partial charge in [-0.2, -0.15) is 0 Å². The van der Waals surface area contributed by atoms with E-state index < -0.39 is 29.3 Å². The summed E-state index contributed by atoms with van der Waals surface area (Å²) in [4.78, 5) is 44.9. The van der Waals surface area contributed by atoms with Gasteiger partial charge in [-0.15, -0.1) is 0 Å². The van der Waals surface area contributed by atoms with Crippen LogP contribution in [0.4, 0.5) is 0 Å². The van der Waals surface area contributed by atoms with Gasteiger partial charge in [-0.05, 0) is 13.8 Å². The number of imide groups is 1. The van der Waals surface area contributed by atoms with Crippen molar-refractivity contribution in [1.82, 2.24) is 16.0 Å². The number of nitrogens with one attached hydrogen (secondary N) is 3. The molecule has 3 N–H and O–H groups in total. The standard InChI is InChI=1S/C10H15N3O4/c1-5(11-6(2)14)8(16)13-10(3)4-7(15)12-9(10)17/h5H,4H2,1-3H3,(H,11,14)(H,13,16)(H,12,15,17)/t5-,10-/m0/s1. The molecule has 94 valence electrons. The topological polar surface area (TPSA) is 104 Å². The molecule has 1 aliphatic heterocycles. The molecule has 2 atom stereocenters. The summed E-state index contributed by atoms with van der Waals surface area (Å²) in [6.07, 6.45) is -0.0929. The molecule has 17 heavy (non-hydrogen) atoms. The second-order valence-electron chi connectivity index (χ2n) is 4.30. The molecule has 7 heteroatoms. The normalized spacial score (nSPS) is 25.1. The van der Waals surface area contributed by atoms with E-state index in [2.05, 4.69) is 16.0 Å². The Bertz CT molecular complexity index is 393. The summed E-state index contributed by atoms with van der Waals surface area (Å²) in [6.45, 7) is 4.25. The van der Waals surface area contributed by atoms with E-state index in [-0.39, 0.29) is 12.3 Å². The zero-order chi connectivity index (χ0) is 13.2. The van der Waals surface area contributed by atoms with E-state index in [1.165, 1.54) is 20.8 Å². The molecule has 0 spiro atoms. The molecule has 0 aromatic heterocycles. The molecule has 0 saturated carbocycles. The fourth-order valence-corrected chi connectivity index (χ4v) is 1.56. The average molecular weight is 241 g/mol. The van der Waals surface area contributed by atoms with E-state index >= 15 is 0 Å². The van der Waals surface area contributed by atoms with Crippen molar-refractivity contribution in [1.29, 1.82) is 0 Å². The summed E-state index contributed by atoms with van der Waals surface area (Å²) in [5.41, 5.74) is -1.24. The Morgan fingerprint density at radius 2 is 2.00 bits per heavy atom. The predicted molar refractivity (Wildman–Crippen MR) is 57.6 cm³/mol. The zero-order valence-electron chi connectivity index (χ0n) is 9.92. The Morgan fingerprint density at radius 1 is 1.41 bits per heavy atom. The van der Waals surface area contributed by atoms with Crippen LogP contribution in [0, 0.1) is 0 Å². The fourth-order valence-electron chi connectivity index (χ4n) is 1.56. The monoisotopic (exact) mass is 241 g/mol. The molecule has 1 heterocycles. The third-order valence-electron chi connectivity index (χ3n) is 2.48. The van der Waals surface area contributed by atoms with Crippen LogP contribution in [0.5, 0.6) is 0 Å². The molecule has 4 amide bonds. The van der Waals surface area contributed by atoms with Gasteiger partial charge in [-0.25, -0.2) is 0 Å². The molecule has 0 radical (unpaired) electrons. The Hall–Kier alpha value is -1.92. The van der Waals surface area contributed by atoms with Crippen LogP contribution in [0.2, 0.25) is 0 Å². The maximum atomic E-state index is 11.7. The molecule has 7 nitrogen and oxygen atoms in total. The van der Waals surface area contributed by atoms with E-state index in [1.807, 2.05) is 0 Å². The molecule has 0 aliphatic carbocycles. The summed E-state index contributed by atoms with van der Waals surface area (Å²) >= 11 is 0. The summed E-state index contributed by atoms with van der Waals surface area (Å²) in [5, 5.41) is 6.96. The van der Waals surface area contributed by atoms with Gasteiger partial charge in [0.2, 0.25) is 17.7 Å². The van der Waals surface area contributed by atoms with Crippen LogP contribution >= 0.6 is 0 Å². The third-order valence-corrected chi connectivity index (χ3v) is 2.48. The Kier molecular flexibility index (Phi) is 3.50. The van der Waals surface area contributed by atoms with Gasteiger partial charge in [-0.1, -0.05) is 0 Å². The van der Waals surface area contributed by atoms with Crippen molar-refractivity contribution in [3.05, 3.63) is 0 Å². The van der Waals surface area contributed by atoms with Gasteiger partial charge in [0.05, 0.1) is 6.42 Å². The van der Waals surface area contributed by atoms with Crippen LogP contribution in [0.15, 0.2) is 0 Å². The van der Waals surface area contributed by atoms with E-state index in [1.54, 1.807) is 0 Å². The molecule has 0 aromatic rings. The summed E-state index contributed by atoms with van der Waals surface area (Å²) in [7, 11) is 0. The van der Waals surface area contributed by atoms with E-state index in [0.717, 1.165) is 0 Å². The summed E-state index contributed by atoms with van der Waals surface area (Å²) in [6, 6.07) is -0.757.